The summed E-state index contributed by atoms with van der Waals surface area (Å²) in [6.45, 7) is 6.06. The Balaban J connectivity index is 2.28. The summed E-state index contributed by atoms with van der Waals surface area (Å²) in [6.07, 6.45) is 3.78. The normalized spacial score (nSPS) is 26.8. The number of hydrogen-bond donors (Lipinski definition) is 1. The maximum Gasteiger partial charge on any atom is 0.241 e. The van der Waals surface area contributed by atoms with Crippen molar-refractivity contribution in [3.05, 3.63) is 29.3 Å². The fourth-order valence-electron chi connectivity index (χ4n) is 3.13. The molecule has 21 heavy (non-hydrogen) atoms. The van der Waals surface area contributed by atoms with Gasteiger partial charge in [0.05, 0.1) is 4.90 Å². The van der Waals surface area contributed by atoms with Crippen LogP contribution in [-0.4, -0.2) is 19.8 Å². The van der Waals surface area contributed by atoms with Gasteiger partial charge in [0.15, 0.2) is 0 Å². The number of hydrogen-bond acceptors (Lipinski definition) is 2. The Hall–Kier alpha value is -0.580. The molecule has 2 atom stereocenters. The van der Waals surface area contributed by atoms with Crippen LogP contribution in [-0.2, 0) is 10.0 Å². The molecule has 0 saturated heterocycles. The lowest BCUT2D eigenvalue weighted by atomic mass is 9.78. The number of sulfonamides is 1. The summed E-state index contributed by atoms with van der Waals surface area (Å²) in [4.78, 5) is 0.327. The third-order valence-electron chi connectivity index (χ3n) is 4.49. The molecule has 2 unspecified atom stereocenters. The molecular weight excluding hydrogens is 306 g/mol. The molecule has 1 aliphatic rings. The fourth-order valence-corrected chi connectivity index (χ4v) is 5.04. The molecule has 2 rings (SSSR count). The largest absolute Gasteiger partial charge is 0.241 e. The number of aryl methyl sites for hydroxylation is 2. The average Bonchev–Trinajstić information content (AvgIpc) is 2.41. The van der Waals surface area contributed by atoms with E-state index in [0.717, 1.165) is 36.8 Å². The van der Waals surface area contributed by atoms with Gasteiger partial charge in [-0.1, -0.05) is 25.8 Å². The highest BCUT2D eigenvalue weighted by atomic mass is 35.5. The lowest BCUT2D eigenvalue weighted by molar-refractivity contribution is 0.239. The van der Waals surface area contributed by atoms with Crippen LogP contribution in [0, 0.1) is 19.8 Å². The molecule has 0 bridgehead atoms. The first-order chi connectivity index (χ1) is 9.78. The number of rotatable bonds is 4. The van der Waals surface area contributed by atoms with Crippen LogP contribution < -0.4 is 4.72 Å². The maximum absolute atomic E-state index is 12.7. The van der Waals surface area contributed by atoms with Crippen molar-refractivity contribution in [3.63, 3.8) is 0 Å². The van der Waals surface area contributed by atoms with Crippen molar-refractivity contribution in [3.8, 4) is 0 Å². The standard InChI is InChI=1S/C16H24ClNO2S/c1-12-5-4-8-16(10-12,11-17)18-21(19,20)15-7-6-13(2)14(3)9-15/h6-7,9,12,18H,4-5,8,10-11H2,1-3H3. The summed E-state index contributed by atoms with van der Waals surface area (Å²) in [6, 6.07) is 5.24. The van der Waals surface area contributed by atoms with Crippen molar-refractivity contribution in [2.75, 3.05) is 5.88 Å². The molecule has 1 N–H and O–H groups in total. The van der Waals surface area contributed by atoms with Crippen molar-refractivity contribution < 1.29 is 8.42 Å². The first-order valence-electron chi connectivity index (χ1n) is 7.45. The van der Waals surface area contributed by atoms with E-state index >= 15 is 0 Å². The second-order valence-electron chi connectivity index (χ2n) is 6.47. The third kappa shape index (κ3) is 3.79. The van der Waals surface area contributed by atoms with Crippen LogP contribution in [0.2, 0.25) is 0 Å². The average molecular weight is 330 g/mol. The smallest absolute Gasteiger partial charge is 0.207 e. The van der Waals surface area contributed by atoms with Crippen molar-refractivity contribution in [1.82, 2.24) is 4.72 Å². The lowest BCUT2D eigenvalue weighted by Crippen LogP contribution is -2.52. The molecule has 1 aliphatic carbocycles. The summed E-state index contributed by atoms with van der Waals surface area (Å²) in [5.41, 5.74) is 1.57. The van der Waals surface area contributed by atoms with E-state index in [1.54, 1.807) is 12.1 Å². The minimum atomic E-state index is -3.53. The Labute approximate surface area is 133 Å². The molecule has 0 heterocycles. The first kappa shape index (κ1) is 16.8. The predicted octanol–water partition coefficient (Wildman–Crippen LogP) is 3.77. The number of nitrogens with one attached hydrogen (secondary N) is 1. The highest BCUT2D eigenvalue weighted by Crippen LogP contribution is 2.34. The molecule has 1 aromatic carbocycles. The molecule has 118 valence electrons. The molecule has 3 nitrogen and oxygen atoms in total. The minimum Gasteiger partial charge on any atom is -0.207 e. The second kappa shape index (κ2) is 6.27. The highest BCUT2D eigenvalue weighted by Gasteiger charge is 2.38. The van der Waals surface area contributed by atoms with Crippen LogP contribution in [0.5, 0.6) is 0 Å². The van der Waals surface area contributed by atoms with Gasteiger partial charge in [0.1, 0.15) is 0 Å². The highest BCUT2D eigenvalue weighted by molar-refractivity contribution is 7.89. The fraction of sp³-hybridized carbons (Fsp3) is 0.625. The SMILES string of the molecule is Cc1ccc(S(=O)(=O)NC2(CCl)CCCC(C)C2)cc1C. The molecule has 1 fully saturated rings. The van der Waals surface area contributed by atoms with E-state index in [4.69, 9.17) is 11.6 Å². The quantitative estimate of drug-likeness (QED) is 0.855. The van der Waals surface area contributed by atoms with Gasteiger partial charge in [0.2, 0.25) is 10.0 Å². The Morgan fingerprint density at radius 1 is 1.33 bits per heavy atom. The van der Waals surface area contributed by atoms with Crippen molar-refractivity contribution >= 4 is 21.6 Å². The Kier molecular flexibility index (Phi) is 5.01. The second-order valence-corrected chi connectivity index (χ2v) is 8.42. The Bertz CT molecular complexity index is 615. The van der Waals surface area contributed by atoms with E-state index in [2.05, 4.69) is 11.6 Å². The Morgan fingerprint density at radius 3 is 2.62 bits per heavy atom. The summed E-state index contributed by atoms with van der Waals surface area (Å²) >= 11 is 6.13. The van der Waals surface area contributed by atoms with Gasteiger partial charge in [-0.05, 0) is 55.9 Å². The van der Waals surface area contributed by atoms with E-state index in [1.807, 2.05) is 19.9 Å². The van der Waals surface area contributed by atoms with E-state index in [-0.39, 0.29) is 0 Å². The zero-order valence-corrected chi connectivity index (χ0v) is 14.5. The molecule has 5 heteroatoms. The van der Waals surface area contributed by atoms with Gasteiger partial charge in [0.25, 0.3) is 0 Å². The van der Waals surface area contributed by atoms with Crippen molar-refractivity contribution in [2.24, 2.45) is 5.92 Å². The van der Waals surface area contributed by atoms with Gasteiger partial charge in [-0.3, -0.25) is 0 Å². The van der Waals surface area contributed by atoms with Gasteiger partial charge in [-0.25, -0.2) is 13.1 Å². The molecule has 1 aromatic rings. The van der Waals surface area contributed by atoms with Gasteiger partial charge in [-0.2, -0.15) is 0 Å². The van der Waals surface area contributed by atoms with Crippen LogP contribution in [0.4, 0.5) is 0 Å². The third-order valence-corrected chi connectivity index (χ3v) is 6.57. The van der Waals surface area contributed by atoms with Crippen LogP contribution in [0.15, 0.2) is 23.1 Å². The lowest BCUT2D eigenvalue weighted by Gasteiger charge is -2.39. The zero-order chi connectivity index (χ0) is 15.7. The molecule has 0 aromatic heterocycles. The van der Waals surface area contributed by atoms with Gasteiger partial charge < -0.3 is 0 Å². The number of alkyl halides is 1. The molecule has 0 spiro atoms. The molecule has 0 amide bonds. The number of benzene rings is 1. The van der Waals surface area contributed by atoms with Gasteiger partial charge in [-0.15, -0.1) is 11.6 Å². The monoisotopic (exact) mass is 329 g/mol. The van der Waals surface area contributed by atoms with Crippen LogP contribution in [0.1, 0.15) is 43.7 Å². The summed E-state index contributed by atoms with van der Waals surface area (Å²) in [5.74, 6) is 0.821. The van der Waals surface area contributed by atoms with E-state index in [0.29, 0.717) is 16.7 Å². The molecule has 0 aliphatic heterocycles. The van der Waals surface area contributed by atoms with Crippen LogP contribution in [0.25, 0.3) is 0 Å². The summed E-state index contributed by atoms with van der Waals surface area (Å²) in [5, 5.41) is 0. The Morgan fingerprint density at radius 2 is 2.05 bits per heavy atom. The predicted molar refractivity (Wildman–Crippen MR) is 87.3 cm³/mol. The van der Waals surface area contributed by atoms with E-state index < -0.39 is 15.6 Å². The van der Waals surface area contributed by atoms with Crippen LogP contribution >= 0.6 is 11.6 Å². The summed E-state index contributed by atoms with van der Waals surface area (Å²) < 4.78 is 28.2. The zero-order valence-electron chi connectivity index (χ0n) is 12.9. The number of halogens is 1. The molecular formula is C16H24ClNO2S. The molecule has 0 radical (unpaired) electrons. The first-order valence-corrected chi connectivity index (χ1v) is 9.47. The maximum atomic E-state index is 12.7. The van der Waals surface area contributed by atoms with Crippen LogP contribution in [0.3, 0.4) is 0 Å². The van der Waals surface area contributed by atoms with Crippen molar-refractivity contribution in [1.29, 1.82) is 0 Å². The molecule has 1 saturated carbocycles. The minimum absolute atomic E-state index is 0.321. The van der Waals surface area contributed by atoms with Gasteiger partial charge >= 0.3 is 0 Å². The summed E-state index contributed by atoms with van der Waals surface area (Å²) in [7, 11) is -3.53. The van der Waals surface area contributed by atoms with Gasteiger partial charge in [0, 0.05) is 11.4 Å². The van der Waals surface area contributed by atoms with E-state index in [1.165, 1.54) is 0 Å². The van der Waals surface area contributed by atoms with Crippen molar-refractivity contribution in [2.45, 2.75) is 56.9 Å². The van der Waals surface area contributed by atoms with E-state index in [9.17, 15) is 8.42 Å². The topological polar surface area (TPSA) is 46.2 Å².